The summed E-state index contributed by atoms with van der Waals surface area (Å²) >= 11 is 0. The second kappa shape index (κ2) is 4.48. The first-order valence-electron chi connectivity index (χ1n) is 5.37. The van der Waals surface area contributed by atoms with Crippen LogP contribution >= 0.6 is 0 Å². The van der Waals surface area contributed by atoms with Crippen LogP contribution in [0.4, 0.5) is 5.95 Å². The summed E-state index contributed by atoms with van der Waals surface area (Å²) in [5.41, 5.74) is 2.06. The highest BCUT2D eigenvalue weighted by atomic mass is 16.5. The Kier molecular flexibility index (Phi) is 3.03. The number of nitrogens with zero attached hydrogens (tertiary/aromatic N) is 5. The fourth-order valence-corrected chi connectivity index (χ4v) is 1.39. The molecule has 0 aliphatic carbocycles. The van der Waals surface area contributed by atoms with E-state index in [4.69, 9.17) is 4.52 Å². The van der Waals surface area contributed by atoms with Gasteiger partial charge < -0.3 is 9.42 Å². The second-order valence-corrected chi connectivity index (χ2v) is 4.02. The van der Waals surface area contributed by atoms with Crippen molar-refractivity contribution in [3.05, 3.63) is 29.2 Å². The van der Waals surface area contributed by atoms with Crippen molar-refractivity contribution in [3.63, 3.8) is 0 Å². The fraction of sp³-hybridized carbons (Fsp3) is 0.455. The Morgan fingerprint density at radius 2 is 2.00 bits per heavy atom. The van der Waals surface area contributed by atoms with E-state index in [1.807, 2.05) is 32.0 Å². The van der Waals surface area contributed by atoms with Crippen LogP contribution < -0.4 is 4.90 Å². The van der Waals surface area contributed by atoms with Crippen LogP contribution in [-0.2, 0) is 6.54 Å². The zero-order chi connectivity index (χ0) is 12.4. The SMILES string of the molecule is Cc1nc(CN(C)c2ncc(C)c(C)n2)no1. The topological polar surface area (TPSA) is 67.9 Å². The Balaban J connectivity index is 2.14. The van der Waals surface area contributed by atoms with Gasteiger partial charge in [-0.15, -0.1) is 0 Å². The third kappa shape index (κ3) is 2.58. The third-order valence-corrected chi connectivity index (χ3v) is 2.50. The van der Waals surface area contributed by atoms with Crippen LogP contribution in [0.5, 0.6) is 0 Å². The van der Waals surface area contributed by atoms with Crippen molar-refractivity contribution in [1.29, 1.82) is 0 Å². The van der Waals surface area contributed by atoms with E-state index < -0.39 is 0 Å². The minimum atomic E-state index is 0.528. The second-order valence-electron chi connectivity index (χ2n) is 4.02. The molecule has 0 unspecified atom stereocenters. The molecule has 0 saturated carbocycles. The first-order valence-corrected chi connectivity index (χ1v) is 5.37. The summed E-state index contributed by atoms with van der Waals surface area (Å²) in [4.78, 5) is 14.7. The van der Waals surface area contributed by atoms with Gasteiger partial charge in [-0.05, 0) is 19.4 Å². The van der Waals surface area contributed by atoms with Gasteiger partial charge in [-0.1, -0.05) is 5.16 Å². The summed E-state index contributed by atoms with van der Waals surface area (Å²) in [6, 6.07) is 0. The zero-order valence-electron chi connectivity index (χ0n) is 10.4. The molecular weight excluding hydrogens is 218 g/mol. The molecule has 0 N–H and O–H groups in total. The minimum absolute atomic E-state index is 0.528. The van der Waals surface area contributed by atoms with E-state index in [1.54, 1.807) is 6.92 Å². The monoisotopic (exact) mass is 233 g/mol. The quantitative estimate of drug-likeness (QED) is 0.798. The molecule has 0 bridgehead atoms. The first kappa shape index (κ1) is 11.5. The molecule has 0 atom stereocenters. The van der Waals surface area contributed by atoms with Gasteiger partial charge in [0.25, 0.3) is 0 Å². The number of aryl methyl sites for hydroxylation is 3. The molecule has 6 nitrogen and oxygen atoms in total. The van der Waals surface area contributed by atoms with Gasteiger partial charge in [0.05, 0.1) is 6.54 Å². The third-order valence-electron chi connectivity index (χ3n) is 2.50. The number of aromatic nitrogens is 4. The van der Waals surface area contributed by atoms with E-state index in [0.717, 1.165) is 11.3 Å². The molecular formula is C11H15N5O. The number of hydrogen-bond acceptors (Lipinski definition) is 6. The Bertz CT molecular complexity index is 522. The lowest BCUT2D eigenvalue weighted by Crippen LogP contribution is -2.20. The smallest absolute Gasteiger partial charge is 0.225 e. The Morgan fingerprint density at radius 1 is 1.24 bits per heavy atom. The normalized spacial score (nSPS) is 10.6. The molecule has 0 radical (unpaired) electrons. The fourth-order valence-electron chi connectivity index (χ4n) is 1.39. The van der Waals surface area contributed by atoms with E-state index in [1.165, 1.54) is 0 Å². The highest BCUT2D eigenvalue weighted by Gasteiger charge is 2.10. The van der Waals surface area contributed by atoms with Crippen molar-refractivity contribution in [3.8, 4) is 0 Å². The summed E-state index contributed by atoms with van der Waals surface area (Å²) in [7, 11) is 1.90. The Labute approximate surface area is 99.7 Å². The van der Waals surface area contributed by atoms with Gasteiger partial charge in [-0.2, -0.15) is 4.98 Å². The molecule has 0 aromatic carbocycles. The molecule has 0 aliphatic rings. The van der Waals surface area contributed by atoms with Gasteiger partial charge in [0.1, 0.15) is 0 Å². The lowest BCUT2D eigenvalue weighted by Gasteiger charge is -2.15. The Hall–Kier alpha value is -1.98. The molecule has 2 rings (SSSR count). The maximum atomic E-state index is 4.92. The molecule has 0 amide bonds. The molecule has 2 aromatic rings. The molecule has 0 spiro atoms. The summed E-state index contributed by atoms with van der Waals surface area (Å²) in [6.45, 7) is 6.25. The molecule has 17 heavy (non-hydrogen) atoms. The molecule has 0 saturated heterocycles. The molecule has 0 fully saturated rings. The minimum Gasteiger partial charge on any atom is -0.340 e. The van der Waals surface area contributed by atoms with Crippen molar-refractivity contribution in [2.24, 2.45) is 0 Å². The van der Waals surface area contributed by atoms with Gasteiger partial charge >= 0.3 is 0 Å². The lowest BCUT2D eigenvalue weighted by atomic mass is 10.3. The van der Waals surface area contributed by atoms with Crippen LogP contribution in [0.3, 0.4) is 0 Å². The average molecular weight is 233 g/mol. The molecule has 2 heterocycles. The van der Waals surface area contributed by atoms with Gasteiger partial charge in [-0.3, -0.25) is 0 Å². The van der Waals surface area contributed by atoms with E-state index in [2.05, 4.69) is 20.1 Å². The first-order chi connectivity index (χ1) is 8.06. The van der Waals surface area contributed by atoms with E-state index in [9.17, 15) is 0 Å². The van der Waals surface area contributed by atoms with Crippen molar-refractivity contribution < 1.29 is 4.52 Å². The number of hydrogen-bond donors (Lipinski definition) is 0. The van der Waals surface area contributed by atoms with Crippen LogP contribution in [0, 0.1) is 20.8 Å². The van der Waals surface area contributed by atoms with Crippen LogP contribution in [-0.4, -0.2) is 27.2 Å². The van der Waals surface area contributed by atoms with Crippen LogP contribution in [0.25, 0.3) is 0 Å². The van der Waals surface area contributed by atoms with Crippen molar-refractivity contribution in [1.82, 2.24) is 20.1 Å². The number of rotatable bonds is 3. The number of anilines is 1. The van der Waals surface area contributed by atoms with E-state index in [-0.39, 0.29) is 0 Å². The van der Waals surface area contributed by atoms with Gasteiger partial charge in [0, 0.05) is 25.9 Å². The van der Waals surface area contributed by atoms with Gasteiger partial charge in [0.15, 0.2) is 5.82 Å². The standard InChI is InChI=1S/C11H15N5O/c1-7-5-12-11(13-8(7)2)16(4)6-10-14-9(3)17-15-10/h5H,6H2,1-4H3. The van der Waals surface area contributed by atoms with Crippen LogP contribution in [0.1, 0.15) is 23.0 Å². The van der Waals surface area contributed by atoms with Crippen molar-refractivity contribution >= 4 is 5.95 Å². The highest BCUT2D eigenvalue weighted by Crippen LogP contribution is 2.10. The Morgan fingerprint density at radius 3 is 2.59 bits per heavy atom. The van der Waals surface area contributed by atoms with Crippen LogP contribution in [0.15, 0.2) is 10.7 Å². The molecule has 6 heteroatoms. The summed E-state index contributed by atoms with van der Waals surface area (Å²) in [5.74, 6) is 1.86. The summed E-state index contributed by atoms with van der Waals surface area (Å²) in [6.07, 6.45) is 1.82. The maximum Gasteiger partial charge on any atom is 0.225 e. The van der Waals surface area contributed by atoms with Gasteiger partial charge in [0.2, 0.25) is 11.8 Å². The van der Waals surface area contributed by atoms with Crippen molar-refractivity contribution in [2.75, 3.05) is 11.9 Å². The predicted molar refractivity (Wildman–Crippen MR) is 62.6 cm³/mol. The van der Waals surface area contributed by atoms with Crippen molar-refractivity contribution in [2.45, 2.75) is 27.3 Å². The zero-order valence-corrected chi connectivity index (χ0v) is 10.4. The largest absolute Gasteiger partial charge is 0.340 e. The summed E-state index contributed by atoms with van der Waals surface area (Å²) in [5, 5.41) is 3.84. The average Bonchev–Trinajstić information content (AvgIpc) is 2.68. The molecule has 2 aromatic heterocycles. The lowest BCUT2D eigenvalue weighted by molar-refractivity contribution is 0.387. The highest BCUT2D eigenvalue weighted by molar-refractivity contribution is 5.31. The van der Waals surface area contributed by atoms with E-state index >= 15 is 0 Å². The van der Waals surface area contributed by atoms with E-state index in [0.29, 0.717) is 24.2 Å². The molecule has 0 aliphatic heterocycles. The predicted octanol–water partition coefficient (Wildman–Crippen LogP) is 1.42. The molecule has 90 valence electrons. The van der Waals surface area contributed by atoms with Crippen LogP contribution in [0.2, 0.25) is 0 Å². The summed E-state index contributed by atoms with van der Waals surface area (Å²) < 4.78 is 4.92. The van der Waals surface area contributed by atoms with Gasteiger partial charge in [-0.25, -0.2) is 9.97 Å². The maximum absolute atomic E-state index is 4.92.